The van der Waals surface area contributed by atoms with Crippen molar-refractivity contribution >= 4 is 23.2 Å². The Bertz CT molecular complexity index is 617. The number of nitrogens with one attached hydrogen (secondary N) is 3. The number of rotatable bonds is 5. The van der Waals surface area contributed by atoms with Gasteiger partial charge in [0.1, 0.15) is 0 Å². The van der Waals surface area contributed by atoms with E-state index < -0.39 is 0 Å². The van der Waals surface area contributed by atoms with Gasteiger partial charge in [0, 0.05) is 36.3 Å². The van der Waals surface area contributed by atoms with Gasteiger partial charge < -0.3 is 16.0 Å². The standard InChI is InChI=1S/C19H27N3O2/c1-3-18(23)21-16-5-4-12(2)17(11-16)22-19(24)10-13-8-14-6-7-15(9-13)20-14/h4-5,11,13-15,20H,3,6-10H2,1-2H3,(H,21,23)(H,22,24). The van der Waals surface area contributed by atoms with E-state index in [1.807, 2.05) is 32.0 Å². The maximum Gasteiger partial charge on any atom is 0.224 e. The molecule has 1 aromatic carbocycles. The molecule has 0 saturated carbocycles. The number of carbonyl (C=O) groups excluding carboxylic acids is 2. The Hall–Kier alpha value is -1.88. The first-order valence-electron chi connectivity index (χ1n) is 9.00. The predicted octanol–water partition coefficient (Wildman–Crippen LogP) is 3.20. The molecule has 130 valence electrons. The van der Waals surface area contributed by atoms with Crippen LogP contribution in [0.5, 0.6) is 0 Å². The van der Waals surface area contributed by atoms with E-state index in [2.05, 4.69) is 16.0 Å². The van der Waals surface area contributed by atoms with Gasteiger partial charge >= 0.3 is 0 Å². The number of anilines is 2. The quantitative estimate of drug-likeness (QED) is 0.777. The summed E-state index contributed by atoms with van der Waals surface area (Å²) in [7, 11) is 0. The highest BCUT2D eigenvalue weighted by molar-refractivity contribution is 5.94. The van der Waals surface area contributed by atoms with Gasteiger partial charge in [-0.1, -0.05) is 13.0 Å². The summed E-state index contributed by atoms with van der Waals surface area (Å²) >= 11 is 0. The summed E-state index contributed by atoms with van der Waals surface area (Å²) in [5.74, 6) is 0.525. The predicted molar refractivity (Wildman–Crippen MR) is 96.0 cm³/mol. The van der Waals surface area contributed by atoms with Crippen molar-refractivity contribution in [2.75, 3.05) is 10.6 Å². The molecule has 24 heavy (non-hydrogen) atoms. The fourth-order valence-corrected chi connectivity index (χ4v) is 3.89. The molecule has 0 aliphatic carbocycles. The minimum absolute atomic E-state index is 0.0266. The molecule has 2 atom stereocenters. The van der Waals surface area contributed by atoms with E-state index in [1.54, 1.807) is 0 Å². The van der Waals surface area contributed by atoms with Crippen LogP contribution in [0, 0.1) is 12.8 Å². The third-order valence-corrected chi connectivity index (χ3v) is 5.16. The fourth-order valence-electron chi connectivity index (χ4n) is 3.89. The third-order valence-electron chi connectivity index (χ3n) is 5.16. The zero-order valence-electron chi connectivity index (χ0n) is 14.5. The van der Waals surface area contributed by atoms with E-state index in [-0.39, 0.29) is 11.8 Å². The lowest BCUT2D eigenvalue weighted by Crippen LogP contribution is -2.39. The van der Waals surface area contributed by atoms with Crippen LogP contribution in [0.15, 0.2) is 18.2 Å². The van der Waals surface area contributed by atoms with Crippen LogP contribution >= 0.6 is 0 Å². The maximum atomic E-state index is 12.4. The van der Waals surface area contributed by atoms with Gasteiger partial charge in [0.25, 0.3) is 0 Å². The van der Waals surface area contributed by atoms with Crippen molar-refractivity contribution in [2.24, 2.45) is 5.92 Å². The van der Waals surface area contributed by atoms with Crippen molar-refractivity contribution in [3.05, 3.63) is 23.8 Å². The van der Waals surface area contributed by atoms with Gasteiger partial charge in [-0.15, -0.1) is 0 Å². The average molecular weight is 329 g/mol. The van der Waals surface area contributed by atoms with Gasteiger partial charge in [0.2, 0.25) is 11.8 Å². The molecule has 2 aliphatic heterocycles. The summed E-state index contributed by atoms with van der Waals surface area (Å²) in [6.07, 6.45) is 5.74. The molecule has 2 unspecified atom stereocenters. The van der Waals surface area contributed by atoms with Crippen LogP contribution in [0.3, 0.4) is 0 Å². The lowest BCUT2D eigenvalue weighted by molar-refractivity contribution is -0.117. The Morgan fingerprint density at radius 2 is 1.83 bits per heavy atom. The van der Waals surface area contributed by atoms with Gasteiger partial charge in [0.15, 0.2) is 0 Å². The number of carbonyl (C=O) groups is 2. The molecule has 2 bridgehead atoms. The average Bonchev–Trinajstić information content (AvgIpc) is 2.89. The minimum atomic E-state index is -0.0266. The Kier molecular flexibility index (Phi) is 5.19. The topological polar surface area (TPSA) is 70.2 Å². The first-order chi connectivity index (χ1) is 11.5. The zero-order chi connectivity index (χ0) is 17.1. The second-order valence-electron chi connectivity index (χ2n) is 7.16. The molecule has 3 rings (SSSR count). The van der Waals surface area contributed by atoms with E-state index in [0.717, 1.165) is 29.8 Å². The molecule has 0 aromatic heterocycles. The van der Waals surface area contributed by atoms with Crippen LogP contribution in [0.25, 0.3) is 0 Å². The highest BCUT2D eigenvalue weighted by atomic mass is 16.2. The lowest BCUT2D eigenvalue weighted by atomic mass is 9.89. The van der Waals surface area contributed by atoms with E-state index in [0.29, 0.717) is 30.8 Å². The van der Waals surface area contributed by atoms with E-state index >= 15 is 0 Å². The van der Waals surface area contributed by atoms with Gasteiger partial charge in [-0.2, -0.15) is 0 Å². The van der Waals surface area contributed by atoms with Crippen LogP contribution < -0.4 is 16.0 Å². The van der Waals surface area contributed by atoms with Crippen LogP contribution in [-0.4, -0.2) is 23.9 Å². The van der Waals surface area contributed by atoms with Crippen molar-refractivity contribution in [3.8, 4) is 0 Å². The molecule has 5 nitrogen and oxygen atoms in total. The number of amides is 2. The SMILES string of the molecule is CCC(=O)Nc1ccc(C)c(NC(=O)CC2CC3CCC(C2)N3)c1. The van der Waals surface area contributed by atoms with Crippen molar-refractivity contribution < 1.29 is 9.59 Å². The molecule has 2 fully saturated rings. The number of hydrogen-bond acceptors (Lipinski definition) is 3. The van der Waals surface area contributed by atoms with E-state index in [9.17, 15) is 9.59 Å². The van der Waals surface area contributed by atoms with Crippen LogP contribution in [0.4, 0.5) is 11.4 Å². The summed E-state index contributed by atoms with van der Waals surface area (Å²) in [6, 6.07) is 6.84. The van der Waals surface area contributed by atoms with E-state index in [4.69, 9.17) is 0 Å². The summed E-state index contributed by atoms with van der Waals surface area (Å²) < 4.78 is 0. The number of hydrogen-bond donors (Lipinski definition) is 3. The first kappa shape index (κ1) is 17.0. The highest BCUT2D eigenvalue weighted by Crippen LogP contribution is 2.33. The molecule has 5 heteroatoms. The normalized spacial score (nSPS) is 25.3. The minimum Gasteiger partial charge on any atom is -0.326 e. The van der Waals surface area contributed by atoms with Crippen molar-refractivity contribution in [3.63, 3.8) is 0 Å². The molecular formula is C19H27N3O2. The van der Waals surface area contributed by atoms with Crippen molar-refractivity contribution in [2.45, 2.75) is 64.5 Å². The number of aryl methyl sites for hydroxylation is 1. The fraction of sp³-hybridized carbons (Fsp3) is 0.579. The summed E-state index contributed by atoms with van der Waals surface area (Å²) in [4.78, 5) is 24.0. The third kappa shape index (κ3) is 4.15. The number of fused-ring (bicyclic) bond motifs is 2. The molecule has 3 N–H and O–H groups in total. The number of benzene rings is 1. The van der Waals surface area contributed by atoms with Gasteiger partial charge in [-0.05, 0) is 56.2 Å². The molecule has 2 heterocycles. The summed E-state index contributed by atoms with van der Waals surface area (Å²) in [6.45, 7) is 3.78. The van der Waals surface area contributed by atoms with Crippen molar-refractivity contribution in [1.29, 1.82) is 0 Å². The Labute approximate surface area is 143 Å². The summed E-state index contributed by atoms with van der Waals surface area (Å²) in [5.41, 5.74) is 2.51. The number of piperidine rings is 1. The van der Waals surface area contributed by atoms with Crippen LogP contribution in [0.2, 0.25) is 0 Å². The molecule has 2 saturated heterocycles. The highest BCUT2D eigenvalue weighted by Gasteiger charge is 2.34. The smallest absolute Gasteiger partial charge is 0.224 e. The molecule has 1 aromatic rings. The Morgan fingerprint density at radius 3 is 2.50 bits per heavy atom. The second kappa shape index (κ2) is 7.34. The monoisotopic (exact) mass is 329 g/mol. The Balaban J connectivity index is 1.59. The molecular weight excluding hydrogens is 302 g/mol. The van der Waals surface area contributed by atoms with Crippen molar-refractivity contribution in [1.82, 2.24) is 5.32 Å². The second-order valence-corrected chi connectivity index (χ2v) is 7.16. The van der Waals surface area contributed by atoms with Gasteiger partial charge in [-0.25, -0.2) is 0 Å². The van der Waals surface area contributed by atoms with Crippen LogP contribution in [0.1, 0.15) is 51.0 Å². The summed E-state index contributed by atoms with van der Waals surface area (Å²) in [5, 5.41) is 9.48. The lowest BCUT2D eigenvalue weighted by Gasteiger charge is -2.28. The Morgan fingerprint density at radius 1 is 1.12 bits per heavy atom. The first-order valence-corrected chi connectivity index (χ1v) is 9.00. The molecule has 0 radical (unpaired) electrons. The van der Waals surface area contributed by atoms with E-state index in [1.165, 1.54) is 12.8 Å². The molecule has 2 amide bonds. The maximum absolute atomic E-state index is 12.4. The van der Waals surface area contributed by atoms with Crippen LogP contribution in [-0.2, 0) is 9.59 Å². The van der Waals surface area contributed by atoms with Gasteiger partial charge in [-0.3, -0.25) is 9.59 Å². The zero-order valence-corrected chi connectivity index (χ0v) is 14.5. The van der Waals surface area contributed by atoms with Gasteiger partial charge in [0.05, 0.1) is 0 Å². The molecule has 2 aliphatic rings. The molecule has 0 spiro atoms. The largest absolute Gasteiger partial charge is 0.326 e.